The van der Waals surface area contributed by atoms with Gasteiger partial charge in [0.25, 0.3) is 5.91 Å². The summed E-state index contributed by atoms with van der Waals surface area (Å²) in [6.45, 7) is 0.237. The van der Waals surface area contributed by atoms with Gasteiger partial charge in [-0.25, -0.2) is 8.42 Å². The summed E-state index contributed by atoms with van der Waals surface area (Å²) >= 11 is 5.69. The summed E-state index contributed by atoms with van der Waals surface area (Å²) in [5.74, 6) is 0.301. The molecule has 0 spiro atoms. The van der Waals surface area contributed by atoms with E-state index in [0.717, 1.165) is 19.3 Å². The molecule has 110 valence electrons. The van der Waals surface area contributed by atoms with Crippen LogP contribution in [0, 0.1) is 5.92 Å². The molecule has 2 fully saturated rings. The maximum Gasteiger partial charge on any atom is 0.289 e. The Kier molecular flexibility index (Phi) is 3.54. The van der Waals surface area contributed by atoms with Crippen LogP contribution in [0.1, 0.15) is 29.8 Å². The highest BCUT2D eigenvalue weighted by atomic mass is 35.5. The highest BCUT2D eigenvalue weighted by Crippen LogP contribution is 2.35. The molecule has 3 rings (SSSR count). The molecule has 2 aliphatic rings. The second-order valence-electron chi connectivity index (χ2n) is 5.47. The summed E-state index contributed by atoms with van der Waals surface area (Å²) in [6, 6.07) is 2.83. The number of nitrogens with zero attached hydrogens (tertiary/aromatic N) is 1. The number of hydrogen-bond acceptors (Lipinski definition) is 4. The molecule has 0 aromatic carbocycles. The molecular weight excluding hydrogens is 302 g/mol. The van der Waals surface area contributed by atoms with Crippen LogP contribution in [-0.2, 0) is 9.84 Å². The Morgan fingerprint density at radius 1 is 1.35 bits per heavy atom. The van der Waals surface area contributed by atoms with Gasteiger partial charge in [-0.15, -0.1) is 0 Å². The minimum atomic E-state index is -3.05. The summed E-state index contributed by atoms with van der Waals surface area (Å²) in [7, 11) is -3.05. The molecule has 1 aromatic rings. The van der Waals surface area contributed by atoms with Gasteiger partial charge in [0.2, 0.25) is 0 Å². The number of sulfone groups is 1. The number of furan rings is 1. The van der Waals surface area contributed by atoms with E-state index in [2.05, 4.69) is 0 Å². The van der Waals surface area contributed by atoms with Gasteiger partial charge in [0, 0.05) is 12.6 Å². The SMILES string of the molecule is O=C(c1ccc(Cl)o1)N1CCS(=O)(=O)CC1C1CCC1. The van der Waals surface area contributed by atoms with Gasteiger partial charge in [-0.3, -0.25) is 4.79 Å². The zero-order valence-electron chi connectivity index (χ0n) is 10.9. The van der Waals surface area contributed by atoms with E-state index in [9.17, 15) is 13.2 Å². The quantitative estimate of drug-likeness (QED) is 0.836. The smallest absolute Gasteiger partial charge is 0.289 e. The van der Waals surface area contributed by atoms with E-state index in [0.29, 0.717) is 5.92 Å². The van der Waals surface area contributed by atoms with Crippen LogP contribution in [0.2, 0.25) is 5.22 Å². The Hall–Kier alpha value is -1.01. The number of amides is 1. The number of carbonyl (C=O) groups is 1. The fourth-order valence-electron chi connectivity index (χ4n) is 2.87. The van der Waals surface area contributed by atoms with Crippen molar-refractivity contribution in [3.8, 4) is 0 Å². The first-order chi connectivity index (χ1) is 9.46. The van der Waals surface area contributed by atoms with Gasteiger partial charge in [-0.1, -0.05) is 6.42 Å². The van der Waals surface area contributed by atoms with Gasteiger partial charge in [0.1, 0.15) is 0 Å². The lowest BCUT2D eigenvalue weighted by molar-refractivity contribution is 0.0532. The second-order valence-corrected chi connectivity index (χ2v) is 8.08. The Bertz CT molecular complexity index is 620. The van der Waals surface area contributed by atoms with Crippen molar-refractivity contribution in [2.45, 2.75) is 25.3 Å². The summed E-state index contributed by atoms with van der Waals surface area (Å²) in [5.41, 5.74) is 0. The van der Waals surface area contributed by atoms with Crippen molar-refractivity contribution in [2.24, 2.45) is 5.92 Å². The molecule has 1 atom stereocenters. The number of hydrogen-bond donors (Lipinski definition) is 0. The van der Waals surface area contributed by atoms with E-state index in [4.69, 9.17) is 16.0 Å². The Labute approximate surface area is 122 Å². The summed E-state index contributed by atoms with van der Waals surface area (Å²) < 4.78 is 28.8. The normalized spacial score (nSPS) is 26.2. The van der Waals surface area contributed by atoms with Crippen molar-refractivity contribution in [3.05, 3.63) is 23.1 Å². The molecule has 1 aliphatic carbocycles. The Balaban J connectivity index is 1.84. The van der Waals surface area contributed by atoms with E-state index in [1.165, 1.54) is 12.1 Å². The fourth-order valence-corrected chi connectivity index (χ4v) is 4.63. The average molecular weight is 318 g/mol. The van der Waals surface area contributed by atoms with Crippen LogP contribution < -0.4 is 0 Å². The van der Waals surface area contributed by atoms with Gasteiger partial charge in [-0.2, -0.15) is 0 Å². The van der Waals surface area contributed by atoms with Crippen LogP contribution in [0.5, 0.6) is 0 Å². The summed E-state index contributed by atoms with van der Waals surface area (Å²) in [6.07, 6.45) is 3.08. The largest absolute Gasteiger partial charge is 0.440 e. The molecule has 1 unspecified atom stereocenters. The van der Waals surface area contributed by atoms with Crippen molar-refractivity contribution in [3.63, 3.8) is 0 Å². The van der Waals surface area contributed by atoms with Crippen molar-refractivity contribution >= 4 is 27.3 Å². The third-order valence-electron chi connectivity index (χ3n) is 4.21. The molecule has 20 heavy (non-hydrogen) atoms. The highest BCUT2D eigenvalue weighted by Gasteiger charge is 2.41. The molecule has 2 heterocycles. The average Bonchev–Trinajstić information content (AvgIpc) is 2.72. The van der Waals surface area contributed by atoms with Crippen molar-refractivity contribution in [2.75, 3.05) is 18.1 Å². The number of carbonyl (C=O) groups excluding carboxylic acids is 1. The molecule has 1 aromatic heterocycles. The minimum Gasteiger partial charge on any atom is -0.440 e. The lowest BCUT2D eigenvalue weighted by Gasteiger charge is -2.43. The Morgan fingerprint density at radius 2 is 2.10 bits per heavy atom. The van der Waals surface area contributed by atoms with Crippen LogP contribution in [0.3, 0.4) is 0 Å². The van der Waals surface area contributed by atoms with Crippen molar-refractivity contribution in [1.82, 2.24) is 4.90 Å². The topological polar surface area (TPSA) is 67.6 Å². The summed E-state index contributed by atoms with van der Waals surface area (Å²) in [5, 5.41) is 0.165. The molecule has 7 heteroatoms. The van der Waals surface area contributed by atoms with E-state index >= 15 is 0 Å². The van der Waals surface area contributed by atoms with Gasteiger partial charge in [-0.05, 0) is 42.5 Å². The van der Waals surface area contributed by atoms with Gasteiger partial charge in [0.05, 0.1) is 11.5 Å². The molecule has 0 N–H and O–H groups in total. The predicted molar refractivity (Wildman–Crippen MR) is 74.5 cm³/mol. The third-order valence-corrected chi connectivity index (χ3v) is 6.06. The summed E-state index contributed by atoms with van der Waals surface area (Å²) in [4.78, 5) is 14.1. The molecule has 1 aliphatic heterocycles. The van der Waals surface area contributed by atoms with Crippen LogP contribution in [-0.4, -0.2) is 43.3 Å². The first-order valence-corrected chi connectivity index (χ1v) is 8.93. The maximum atomic E-state index is 12.5. The van der Waals surface area contributed by atoms with E-state index in [1.807, 2.05) is 0 Å². The molecule has 5 nitrogen and oxygen atoms in total. The monoisotopic (exact) mass is 317 g/mol. The van der Waals surface area contributed by atoms with E-state index in [-0.39, 0.29) is 41.0 Å². The molecule has 0 radical (unpaired) electrons. The first-order valence-electron chi connectivity index (χ1n) is 6.73. The second kappa shape index (κ2) is 5.07. The molecule has 1 saturated heterocycles. The van der Waals surface area contributed by atoms with E-state index < -0.39 is 9.84 Å². The first kappa shape index (κ1) is 13.9. The maximum absolute atomic E-state index is 12.5. The van der Waals surface area contributed by atoms with Crippen LogP contribution in [0.4, 0.5) is 0 Å². The van der Waals surface area contributed by atoms with Crippen LogP contribution in [0.15, 0.2) is 16.5 Å². The van der Waals surface area contributed by atoms with Crippen LogP contribution >= 0.6 is 11.6 Å². The highest BCUT2D eigenvalue weighted by molar-refractivity contribution is 7.91. The van der Waals surface area contributed by atoms with Crippen molar-refractivity contribution in [1.29, 1.82) is 0 Å². The number of rotatable bonds is 2. The minimum absolute atomic E-state index is 0.0242. The van der Waals surface area contributed by atoms with Gasteiger partial charge >= 0.3 is 0 Å². The fraction of sp³-hybridized carbons (Fsp3) is 0.615. The zero-order chi connectivity index (χ0) is 14.3. The lowest BCUT2D eigenvalue weighted by Crippen LogP contribution is -2.55. The molecule has 1 amide bonds. The van der Waals surface area contributed by atoms with Crippen LogP contribution in [0.25, 0.3) is 0 Å². The molecule has 1 saturated carbocycles. The van der Waals surface area contributed by atoms with E-state index in [1.54, 1.807) is 4.90 Å². The third kappa shape index (κ3) is 2.59. The number of halogens is 1. The lowest BCUT2D eigenvalue weighted by atomic mass is 9.79. The van der Waals surface area contributed by atoms with Gasteiger partial charge in [0.15, 0.2) is 20.8 Å². The molecule has 0 bridgehead atoms. The van der Waals surface area contributed by atoms with Gasteiger partial charge < -0.3 is 9.32 Å². The van der Waals surface area contributed by atoms with Crippen molar-refractivity contribution < 1.29 is 17.6 Å². The predicted octanol–water partition coefficient (Wildman–Crippen LogP) is 1.97. The standard InChI is InChI=1S/C13H16ClNO4S/c14-12-5-4-11(19-12)13(16)15-6-7-20(17,18)8-10(15)9-2-1-3-9/h4-5,9-10H,1-3,6-8H2. The molecular formula is C13H16ClNO4S. The zero-order valence-corrected chi connectivity index (χ0v) is 12.5. The Morgan fingerprint density at radius 3 is 2.65 bits per heavy atom.